The van der Waals surface area contributed by atoms with Crippen molar-refractivity contribution in [2.75, 3.05) is 10.6 Å². The molecule has 7 heteroatoms. The van der Waals surface area contributed by atoms with Gasteiger partial charge in [0, 0.05) is 29.5 Å². The molecule has 0 aliphatic carbocycles. The summed E-state index contributed by atoms with van der Waals surface area (Å²) >= 11 is 6.13. The largest absolute Gasteiger partial charge is 0.381 e. The molecule has 3 rings (SSSR count). The molecule has 0 radical (unpaired) electrons. The first-order valence-corrected chi connectivity index (χ1v) is 7.67. The molecular formula is C17H15ClN4O2. The molecule has 6 nitrogen and oxygen atoms in total. The van der Waals surface area contributed by atoms with Crippen LogP contribution in [0.15, 0.2) is 53.2 Å². The molecule has 24 heavy (non-hydrogen) atoms. The standard InChI is InChI=1S/C17H15ClN4O2/c1-11-8-16(22-24-11)21-17(23)15-9-13(6-7-19-15)20-10-12-4-2-3-5-14(12)18/h2-9H,10H2,1H3,(H,19,20)(H,21,22,23). The van der Waals surface area contributed by atoms with E-state index in [9.17, 15) is 4.79 Å². The fraction of sp³-hybridized carbons (Fsp3) is 0.118. The minimum Gasteiger partial charge on any atom is -0.381 e. The third kappa shape index (κ3) is 3.91. The van der Waals surface area contributed by atoms with Gasteiger partial charge in [-0.2, -0.15) is 0 Å². The highest BCUT2D eigenvalue weighted by Gasteiger charge is 2.11. The van der Waals surface area contributed by atoms with E-state index in [1.165, 1.54) is 0 Å². The van der Waals surface area contributed by atoms with Crippen LogP contribution in [-0.4, -0.2) is 16.0 Å². The van der Waals surface area contributed by atoms with Crippen molar-refractivity contribution in [2.45, 2.75) is 13.5 Å². The Kier molecular flexibility index (Phi) is 4.77. The van der Waals surface area contributed by atoms with Gasteiger partial charge in [0.1, 0.15) is 11.5 Å². The fourth-order valence-corrected chi connectivity index (χ4v) is 2.31. The molecule has 0 saturated carbocycles. The van der Waals surface area contributed by atoms with Crippen LogP contribution in [0.3, 0.4) is 0 Å². The number of pyridine rings is 1. The maximum Gasteiger partial charge on any atom is 0.275 e. The minimum absolute atomic E-state index is 0.278. The Labute approximate surface area is 143 Å². The number of aromatic nitrogens is 2. The number of hydrogen-bond donors (Lipinski definition) is 2. The van der Waals surface area contributed by atoms with E-state index in [0.717, 1.165) is 11.3 Å². The average molecular weight is 343 g/mol. The van der Waals surface area contributed by atoms with Crippen LogP contribution in [0.1, 0.15) is 21.8 Å². The maximum absolute atomic E-state index is 12.2. The van der Waals surface area contributed by atoms with Crippen molar-refractivity contribution in [3.05, 3.63) is 70.7 Å². The van der Waals surface area contributed by atoms with Gasteiger partial charge in [-0.15, -0.1) is 0 Å². The third-order valence-corrected chi connectivity index (χ3v) is 3.67. The number of carbonyl (C=O) groups excluding carboxylic acids is 1. The van der Waals surface area contributed by atoms with E-state index >= 15 is 0 Å². The summed E-state index contributed by atoms with van der Waals surface area (Å²) in [5.74, 6) is 0.617. The van der Waals surface area contributed by atoms with E-state index in [1.54, 1.807) is 31.3 Å². The lowest BCUT2D eigenvalue weighted by atomic mass is 10.2. The number of rotatable bonds is 5. The Morgan fingerprint density at radius 2 is 2.08 bits per heavy atom. The molecule has 0 aliphatic heterocycles. The Bertz CT molecular complexity index is 863. The van der Waals surface area contributed by atoms with Crippen LogP contribution in [0, 0.1) is 6.92 Å². The molecular weight excluding hydrogens is 328 g/mol. The summed E-state index contributed by atoms with van der Waals surface area (Å²) in [5, 5.41) is 10.3. The molecule has 2 aromatic heterocycles. The molecule has 2 N–H and O–H groups in total. The van der Waals surface area contributed by atoms with Gasteiger partial charge in [0.2, 0.25) is 0 Å². The lowest BCUT2D eigenvalue weighted by Gasteiger charge is -2.09. The van der Waals surface area contributed by atoms with Crippen LogP contribution in [0.25, 0.3) is 0 Å². The number of carbonyl (C=O) groups is 1. The summed E-state index contributed by atoms with van der Waals surface area (Å²) in [5.41, 5.74) is 2.02. The van der Waals surface area contributed by atoms with Crippen LogP contribution in [0.4, 0.5) is 11.5 Å². The molecule has 1 amide bonds. The second-order valence-electron chi connectivity index (χ2n) is 5.15. The van der Waals surface area contributed by atoms with Gasteiger partial charge in [-0.1, -0.05) is 35.0 Å². The molecule has 2 heterocycles. The predicted molar refractivity (Wildman–Crippen MR) is 92.2 cm³/mol. The monoisotopic (exact) mass is 342 g/mol. The van der Waals surface area contributed by atoms with E-state index in [0.29, 0.717) is 23.1 Å². The average Bonchev–Trinajstić information content (AvgIpc) is 2.99. The first-order valence-electron chi connectivity index (χ1n) is 7.30. The van der Waals surface area contributed by atoms with Crippen molar-refractivity contribution in [2.24, 2.45) is 0 Å². The second-order valence-corrected chi connectivity index (χ2v) is 5.56. The molecule has 122 valence electrons. The summed E-state index contributed by atoms with van der Waals surface area (Å²) in [4.78, 5) is 16.3. The summed E-state index contributed by atoms with van der Waals surface area (Å²) < 4.78 is 4.91. The number of nitrogens with one attached hydrogen (secondary N) is 2. The summed E-state index contributed by atoms with van der Waals surface area (Å²) in [6, 6.07) is 12.7. The normalized spacial score (nSPS) is 10.4. The van der Waals surface area contributed by atoms with Crippen LogP contribution >= 0.6 is 11.6 Å². The van der Waals surface area contributed by atoms with Gasteiger partial charge in [0.05, 0.1) is 0 Å². The molecule has 0 saturated heterocycles. The van der Waals surface area contributed by atoms with Gasteiger partial charge in [0.25, 0.3) is 5.91 Å². The Balaban J connectivity index is 1.67. The first kappa shape index (κ1) is 16.0. The zero-order chi connectivity index (χ0) is 16.9. The second kappa shape index (κ2) is 7.14. The van der Waals surface area contributed by atoms with Crippen LogP contribution in [0.2, 0.25) is 5.02 Å². The lowest BCUT2D eigenvalue weighted by molar-refractivity contribution is 0.102. The summed E-state index contributed by atoms with van der Waals surface area (Å²) in [6.07, 6.45) is 1.57. The SMILES string of the molecule is Cc1cc(NC(=O)c2cc(NCc3ccccc3Cl)ccn2)no1. The Morgan fingerprint density at radius 3 is 2.83 bits per heavy atom. The van der Waals surface area contributed by atoms with E-state index in [4.69, 9.17) is 16.1 Å². The molecule has 3 aromatic rings. The molecule has 0 spiro atoms. The van der Waals surface area contributed by atoms with Crippen LogP contribution in [0.5, 0.6) is 0 Å². The van der Waals surface area contributed by atoms with Crippen molar-refractivity contribution < 1.29 is 9.32 Å². The van der Waals surface area contributed by atoms with Gasteiger partial charge in [0.15, 0.2) is 5.82 Å². The minimum atomic E-state index is -0.357. The van der Waals surface area contributed by atoms with Gasteiger partial charge in [-0.05, 0) is 30.7 Å². The number of amides is 1. The maximum atomic E-state index is 12.2. The number of anilines is 2. The topological polar surface area (TPSA) is 80.0 Å². The highest BCUT2D eigenvalue weighted by atomic mass is 35.5. The zero-order valence-corrected chi connectivity index (χ0v) is 13.7. The first-order chi connectivity index (χ1) is 11.6. The third-order valence-electron chi connectivity index (χ3n) is 3.30. The summed E-state index contributed by atoms with van der Waals surface area (Å²) in [7, 11) is 0. The highest BCUT2D eigenvalue weighted by molar-refractivity contribution is 6.31. The Hall–Kier alpha value is -2.86. The van der Waals surface area contributed by atoms with Gasteiger partial charge in [-0.25, -0.2) is 0 Å². The molecule has 0 atom stereocenters. The zero-order valence-electron chi connectivity index (χ0n) is 12.9. The van der Waals surface area contributed by atoms with E-state index in [-0.39, 0.29) is 11.6 Å². The van der Waals surface area contributed by atoms with Crippen molar-refractivity contribution in [1.82, 2.24) is 10.1 Å². The smallest absolute Gasteiger partial charge is 0.275 e. The molecule has 0 unspecified atom stereocenters. The number of aryl methyl sites for hydroxylation is 1. The fourth-order valence-electron chi connectivity index (χ4n) is 2.11. The van der Waals surface area contributed by atoms with Crippen molar-refractivity contribution >= 4 is 29.0 Å². The Morgan fingerprint density at radius 1 is 1.25 bits per heavy atom. The number of hydrogen-bond acceptors (Lipinski definition) is 5. The quantitative estimate of drug-likeness (QED) is 0.735. The van der Waals surface area contributed by atoms with E-state index in [2.05, 4.69) is 20.8 Å². The van der Waals surface area contributed by atoms with Crippen LogP contribution in [-0.2, 0) is 6.54 Å². The van der Waals surface area contributed by atoms with Gasteiger partial charge < -0.3 is 15.2 Å². The molecule has 0 aliphatic rings. The number of nitrogens with zero attached hydrogens (tertiary/aromatic N) is 2. The molecule has 1 aromatic carbocycles. The van der Waals surface area contributed by atoms with Crippen molar-refractivity contribution in [3.63, 3.8) is 0 Å². The van der Waals surface area contributed by atoms with E-state index in [1.807, 2.05) is 24.3 Å². The summed E-state index contributed by atoms with van der Waals surface area (Å²) in [6.45, 7) is 2.30. The van der Waals surface area contributed by atoms with Crippen molar-refractivity contribution in [1.29, 1.82) is 0 Å². The highest BCUT2D eigenvalue weighted by Crippen LogP contribution is 2.17. The van der Waals surface area contributed by atoms with E-state index < -0.39 is 0 Å². The number of benzene rings is 1. The van der Waals surface area contributed by atoms with Crippen LogP contribution < -0.4 is 10.6 Å². The van der Waals surface area contributed by atoms with Crippen molar-refractivity contribution in [3.8, 4) is 0 Å². The lowest BCUT2D eigenvalue weighted by Crippen LogP contribution is -2.14. The van der Waals surface area contributed by atoms with Gasteiger partial charge in [-0.3, -0.25) is 9.78 Å². The number of halogens is 1. The molecule has 0 bridgehead atoms. The predicted octanol–water partition coefficient (Wildman–Crippen LogP) is 3.90. The van der Waals surface area contributed by atoms with Gasteiger partial charge >= 0.3 is 0 Å². The molecule has 0 fully saturated rings.